The maximum absolute atomic E-state index is 16.5. The van der Waals surface area contributed by atoms with E-state index in [0.29, 0.717) is 25.2 Å². The number of alkyl halides is 1. The summed E-state index contributed by atoms with van der Waals surface area (Å²) in [5.74, 6) is 0.682. The second kappa shape index (κ2) is 5.02. The Morgan fingerprint density at radius 2 is 1.83 bits per heavy atom. The first-order chi connectivity index (χ1) is 11.2. The topological polar surface area (TPSA) is 34.1 Å². The Morgan fingerprint density at radius 1 is 1.08 bits per heavy atom. The van der Waals surface area contributed by atoms with Crippen LogP contribution < -0.4 is 0 Å². The van der Waals surface area contributed by atoms with Gasteiger partial charge >= 0.3 is 0 Å². The van der Waals surface area contributed by atoms with E-state index in [4.69, 9.17) is 0 Å². The Kier molecular flexibility index (Phi) is 3.44. The summed E-state index contributed by atoms with van der Waals surface area (Å²) in [6, 6.07) is 0. The molecule has 4 aliphatic carbocycles. The van der Waals surface area contributed by atoms with Crippen molar-refractivity contribution in [1.29, 1.82) is 0 Å². The summed E-state index contributed by atoms with van der Waals surface area (Å²) < 4.78 is 16.5. The molecule has 0 aromatic carbocycles. The van der Waals surface area contributed by atoms with Crippen LogP contribution in [0.15, 0.2) is 11.6 Å². The summed E-state index contributed by atoms with van der Waals surface area (Å²) in [6.45, 7) is 5.95. The van der Waals surface area contributed by atoms with Crippen LogP contribution in [0.1, 0.15) is 72.1 Å². The van der Waals surface area contributed by atoms with E-state index in [1.165, 1.54) is 5.57 Å². The first-order valence-corrected chi connectivity index (χ1v) is 9.66. The third kappa shape index (κ3) is 1.87. The minimum atomic E-state index is -1.21. The molecule has 3 saturated carbocycles. The summed E-state index contributed by atoms with van der Waals surface area (Å²) in [4.78, 5) is 24.0. The molecule has 0 aromatic rings. The molecule has 2 nitrogen and oxygen atoms in total. The standard InChI is InChI=1S/C21H29FO2/c1-13(23)16-8-11-21(22)18-5-4-14-12-15(24)6-9-19(14,2)17(18)7-10-20(16,21)3/h12,16-18H,4-11H2,1-3H3/t16-,17+,18-,19+,20-,21+/m1/s1. The number of carbonyl (C=O) groups is 2. The third-order valence-corrected chi connectivity index (χ3v) is 8.56. The lowest BCUT2D eigenvalue weighted by Gasteiger charge is -2.60. The van der Waals surface area contributed by atoms with Crippen LogP contribution in [0.2, 0.25) is 0 Å². The highest BCUT2D eigenvalue weighted by Gasteiger charge is 2.68. The van der Waals surface area contributed by atoms with Gasteiger partial charge in [-0.2, -0.15) is 0 Å². The second-order valence-electron chi connectivity index (χ2n) is 9.33. The van der Waals surface area contributed by atoms with Gasteiger partial charge in [0.25, 0.3) is 0 Å². The van der Waals surface area contributed by atoms with Crippen molar-refractivity contribution in [2.45, 2.75) is 77.8 Å². The van der Waals surface area contributed by atoms with Gasteiger partial charge in [-0.1, -0.05) is 19.4 Å². The van der Waals surface area contributed by atoms with Gasteiger partial charge < -0.3 is 0 Å². The Bertz CT molecular complexity index is 638. The van der Waals surface area contributed by atoms with Crippen LogP contribution in [-0.4, -0.2) is 17.2 Å². The number of allylic oxidation sites excluding steroid dienone is 1. The van der Waals surface area contributed by atoms with E-state index < -0.39 is 11.1 Å². The third-order valence-electron chi connectivity index (χ3n) is 8.56. The van der Waals surface area contributed by atoms with Crippen LogP contribution in [0.5, 0.6) is 0 Å². The fourth-order valence-electron chi connectivity index (χ4n) is 7.13. The van der Waals surface area contributed by atoms with Crippen LogP contribution in [0.3, 0.4) is 0 Å². The number of Topliss-reactive ketones (excluding diaryl/α,β-unsaturated/α-hetero) is 1. The van der Waals surface area contributed by atoms with Gasteiger partial charge in [0.05, 0.1) is 0 Å². The van der Waals surface area contributed by atoms with Gasteiger partial charge in [0, 0.05) is 17.8 Å². The Labute approximate surface area is 144 Å². The molecule has 132 valence electrons. The van der Waals surface area contributed by atoms with Crippen LogP contribution in [0.4, 0.5) is 4.39 Å². The predicted molar refractivity (Wildman–Crippen MR) is 91.2 cm³/mol. The van der Waals surface area contributed by atoms with Crippen molar-refractivity contribution >= 4 is 11.6 Å². The summed E-state index contributed by atoms with van der Waals surface area (Å²) in [6.07, 6.45) is 8.12. The molecule has 0 N–H and O–H groups in total. The van der Waals surface area contributed by atoms with Crippen LogP contribution in [0, 0.1) is 28.6 Å². The predicted octanol–water partition coefficient (Wildman–Crippen LogP) is 4.82. The number of hydrogen-bond donors (Lipinski definition) is 0. The van der Waals surface area contributed by atoms with Gasteiger partial charge in [-0.3, -0.25) is 9.59 Å². The van der Waals surface area contributed by atoms with Gasteiger partial charge in [0.2, 0.25) is 0 Å². The summed E-state index contributed by atoms with van der Waals surface area (Å²) >= 11 is 0. The van der Waals surface area contributed by atoms with Crippen LogP contribution in [0.25, 0.3) is 0 Å². The van der Waals surface area contributed by atoms with Gasteiger partial charge in [0.1, 0.15) is 11.5 Å². The van der Waals surface area contributed by atoms with E-state index in [-0.39, 0.29) is 28.8 Å². The molecular formula is C21H29FO2. The highest BCUT2D eigenvalue weighted by atomic mass is 19.1. The van der Waals surface area contributed by atoms with E-state index in [2.05, 4.69) is 6.92 Å². The molecule has 0 unspecified atom stereocenters. The lowest BCUT2D eigenvalue weighted by molar-refractivity contribution is -0.150. The average molecular weight is 332 g/mol. The lowest BCUT2D eigenvalue weighted by atomic mass is 9.45. The number of carbonyl (C=O) groups excluding carboxylic acids is 2. The fraction of sp³-hybridized carbons (Fsp3) is 0.810. The Morgan fingerprint density at radius 3 is 2.54 bits per heavy atom. The van der Waals surface area contributed by atoms with Crippen molar-refractivity contribution in [3.8, 4) is 0 Å². The van der Waals surface area contributed by atoms with Gasteiger partial charge in [-0.15, -0.1) is 0 Å². The maximum atomic E-state index is 16.5. The van der Waals surface area contributed by atoms with Gasteiger partial charge in [-0.05, 0) is 75.2 Å². The zero-order chi connectivity index (χ0) is 17.3. The van der Waals surface area contributed by atoms with E-state index in [1.54, 1.807) is 6.92 Å². The molecule has 0 aromatic heterocycles. The SMILES string of the molecule is CC(=O)[C@H]1CC[C@]2(F)[C@@H]3CCC4=CC(=O)CC[C@]4(C)[C@H]3CC[C@]12C. The first kappa shape index (κ1) is 16.5. The molecule has 0 amide bonds. The summed E-state index contributed by atoms with van der Waals surface area (Å²) in [5, 5.41) is 0. The normalized spacial score (nSPS) is 50.6. The molecule has 0 heterocycles. The Balaban J connectivity index is 1.73. The summed E-state index contributed by atoms with van der Waals surface area (Å²) in [5.41, 5.74) is -0.427. The quantitative estimate of drug-likeness (QED) is 0.690. The number of hydrogen-bond acceptors (Lipinski definition) is 2. The van der Waals surface area contributed by atoms with Crippen molar-refractivity contribution < 1.29 is 14.0 Å². The molecule has 3 heteroatoms. The smallest absolute Gasteiger partial charge is 0.155 e. The van der Waals surface area contributed by atoms with Crippen molar-refractivity contribution in [1.82, 2.24) is 0 Å². The van der Waals surface area contributed by atoms with Crippen molar-refractivity contribution in [2.24, 2.45) is 28.6 Å². The Hall–Kier alpha value is -0.990. The van der Waals surface area contributed by atoms with Crippen LogP contribution >= 0.6 is 0 Å². The average Bonchev–Trinajstić information content (AvgIpc) is 2.80. The number of halogens is 1. The monoisotopic (exact) mass is 332 g/mol. The molecule has 0 saturated heterocycles. The molecule has 0 radical (unpaired) electrons. The second-order valence-corrected chi connectivity index (χ2v) is 9.33. The molecule has 0 bridgehead atoms. The molecule has 4 rings (SSSR count). The van der Waals surface area contributed by atoms with E-state index >= 15 is 4.39 Å². The van der Waals surface area contributed by atoms with E-state index in [1.807, 2.05) is 13.0 Å². The number of rotatable bonds is 1. The minimum Gasteiger partial charge on any atom is -0.300 e. The van der Waals surface area contributed by atoms with Crippen LogP contribution in [-0.2, 0) is 9.59 Å². The van der Waals surface area contributed by atoms with Crippen molar-refractivity contribution in [3.63, 3.8) is 0 Å². The fourth-order valence-corrected chi connectivity index (χ4v) is 7.13. The van der Waals surface area contributed by atoms with Crippen molar-refractivity contribution in [3.05, 3.63) is 11.6 Å². The number of ketones is 2. The zero-order valence-corrected chi connectivity index (χ0v) is 15.2. The lowest BCUT2D eigenvalue weighted by Crippen LogP contribution is -2.59. The number of fused-ring (bicyclic) bond motifs is 5. The maximum Gasteiger partial charge on any atom is 0.155 e. The minimum absolute atomic E-state index is 0.00838. The molecule has 6 atom stereocenters. The highest BCUT2D eigenvalue weighted by molar-refractivity contribution is 5.91. The summed E-state index contributed by atoms with van der Waals surface area (Å²) in [7, 11) is 0. The molecular weight excluding hydrogens is 303 g/mol. The molecule has 4 aliphatic rings. The van der Waals surface area contributed by atoms with E-state index in [0.717, 1.165) is 32.1 Å². The molecule has 0 spiro atoms. The van der Waals surface area contributed by atoms with Gasteiger partial charge in [-0.25, -0.2) is 4.39 Å². The highest BCUT2D eigenvalue weighted by Crippen LogP contribution is 2.69. The van der Waals surface area contributed by atoms with Gasteiger partial charge in [0.15, 0.2) is 5.78 Å². The van der Waals surface area contributed by atoms with E-state index in [9.17, 15) is 9.59 Å². The van der Waals surface area contributed by atoms with Crippen molar-refractivity contribution in [2.75, 3.05) is 0 Å². The molecule has 24 heavy (non-hydrogen) atoms. The molecule has 0 aliphatic heterocycles. The molecule has 3 fully saturated rings. The first-order valence-electron chi connectivity index (χ1n) is 9.66. The largest absolute Gasteiger partial charge is 0.300 e. The zero-order valence-electron chi connectivity index (χ0n) is 15.2.